The van der Waals surface area contributed by atoms with Crippen molar-refractivity contribution in [3.63, 3.8) is 0 Å². The lowest BCUT2D eigenvalue weighted by atomic mass is 10.2. The molecule has 0 aliphatic carbocycles. The molecule has 4 nitrogen and oxygen atoms in total. The fraction of sp³-hybridized carbons (Fsp3) is 0.0588. The van der Waals surface area contributed by atoms with Crippen LogP contribution in [0.2, 0.25) is 0 Å². The third kappa shape index (κ3) is 3.03. The van der Waals surface area contributed by atoms with Crippen molar-refractivity contribution in [3.05, 3.63) is 83.9 Å². The van der Waals surface area contributed by atoms with Crippen molar-refractivity contribution in [3.8, 4) is 5.69 Å². The molecule has 0 aliphatic rings. The monoisotopic (exact) mass is 296 g/mol. The molecule has 0 aliphatic heterocycles. The number of halogens is 1. The molecule has 2 aromatic carbocycles. The van der Waals surface area contributed by atoms with E-state index in [4.69, 9.17) is 4.74 Å². The largest absolute Gasteiger partial charge is 0.457 e. The minimum absolute atomic E-state index is 0.0909. The molecule has 5 heteroatoms. The molecule has 1 heterocycles. The van der Waals surface area contributed by atoms with Crippen LogP contribution >= 0.6 is 0 Å². The summed E-state index contributed by atoms with van der Waals surface area (Å²) in [6.45, 7) is -0.0909. The Morgan fingerprint density at radius 1 is 1.09 bits per heavy atom. The molecular formula is C17H13FN2O2. The van der Waals surface area contributed by atoms with Gasteiger partial charge in [-0.05, 0) is 36.4 Å². The quantitative estimate of drug-likeness (QED) is 0.693. The molecule has 110 valence electrons. The van der Waals surface area contributed by atoms with Crippen molar-refractivity contribution in [2.24, 2.45) is 0 Å². The minimum atomic E-state index is -0.490. The highest BCUT2D eigenvalue weighted by Crippen LogP contribution is 2.12. The van der Waals surface area contributed by atoms with Gasteiger partial charge in [0, 0.05) is 18.0 Å². The van der Waals surface area contributed by atoms with Crippen molar-refractivity contribution < 1.29 is 13.9 Å². The van der Waals surface area contributed by atoms with Gasteiger partial charge in [-0.25, -0.2) is 13.9 Å². The normalized spacial score (nSPS) is 10.4. The van der Waals surface area contributed by atoms with E-state index in [-0.39, 0.29) is 12.4 Å². The highest BCUT2D eigenvalue weighted by molar-refractivity contribution is 5.89. The molecule has 22 heavy (non-hydrogen) atoms. The first kappa shape index (κ1) is 14.0. The third-order valence-corrected chi connectivity index (χ3v) is 3.19. The Hall–Kier alpha value is -2.95. The van der Waals surface area contributed by atoms with Gasteiger partial charge in [0.25, 0.3) is 0 Å². The highest BCUT2D eigenvalue weighted by Gasteiger charge is 2.09. The summed E-state index contributed by atoms with van der Waals surface area (Å²) >= 11 is 0. The van der Waals surface area contributed by atoms with Crippen molar-refractivity contribution in [1.82, 2.24) is 9.78 Å². The van der Waals surface area contributed by atoms with Crippen LogP contribution in [0, 0.1) is 5.82 Å². The van der Waals surface area contributed by atoms with Crippen LogP contribution in [0.3, 0.4) is 0 Å². The molecule has 3 aromatic rings. The van der Waals surface area contributed by atoms with Gasteiger partial charge in [0.2, 0.25) is 0 Å². The van der Waals surface area contributed by atoms with Gasteiger partial charge in [0.05, 0.1) is 11.3 Å². The van der Waals surface area contributed by atoms with Gasteiger partial charge in [-0.2, -0.15) is 5.10 Å². The summed E-state index contributed by atoms with van der Waals surface area (Å²) in [5.74, 6) is -0.875. The Morgan fingerprint density at radius 3 is 2.55 bits per heavy atom. The van der Waals surface area contributed by atoms with E-state index in [0.717, 1.165) is 5.69 Å². The van der Waals surface area contributed by atoms with Crippen LogP contribution in [-0.4, -0.2) is 15.7 Å². The molecule has 0 spiro atoms. The Morgan fingerprint density at radius 2 is 1.86 bits per heavy atom. The number of ether oxygens (including phenoxy) is 1. The molecule has 0 saturated carbocycles. The maximum Gasteiger partial charge on any atom is 0.338 e. The average molecular weight is 296 g/mol. The molecule has 0 atom stereocenters. The van der Waals surface area contributed by atoms with Crippen LogP contribution < -0.4 is 0 Å². The number of aromatic nitrogens is 2. The second-order valence-electron chi connectivity index (χ2n) is 4.67. The van der Waals surface area contributed by atoms with Crippen molar-refractivity contribution in [2.75, 3.05) is 0 Å². The zero-order chi connectivity index (χ0) is 15.4. The Bertz CT molecular complexity index is 768. The first-order chi connectivity index (χ1) is 10.7. The molecule has 3 rings (SSSR count). The Kier molecular flexibility index (Phi) is 3.96. The lowest BCUT2D eigenvalue weighted by Gasteiger charge is -2.07. The van der Waals surface area contributed by atoms with E-state index in [1.807, 2.05) is 12.3 Å². The van der Waals surface area contributed by atoms with E-state index < -0.39 is 5.97 Å². The first-order valence-corrected chi connectivity index (χ1v) is 6.74. The van der Waals surface area contributed by atoms with Crippen molar-refractivity contribution in [2.45, 2.75) is 6.61 Å². The Balaban J connectivity index is 1.67. The van der Waals surface area contributed by atoms with Crippen LogP contribution in [0.25, 0.3) is 5.69 Å². The molecule has 0 saturated heterocycles. The standard InChI is InChI=1S/C17H13FN2O2/c18-16-5-2-1-4-14(16)12-22-17(21)13-6-8-15(9-7-13)20-11-3-10-19-20/h1-11H,12H2. The summed E-state index contributed by atoms with van der Waals surface area (Å²) in [5.41, 5.74) is 1.60. The van der Waals surface area contributed by atoms with Gasteiger partial charge in [-0.15, -0.1) is 0 Å². The van der Waals surface area contributed by atoms with E-state index in [1.54, 1.807) is 53.3 Å². The fourth-order valence-electron chi connectivity index (χ4n) is 2.01. The van der Waals surface area contributed by atoms with Gasteiger partial charge in [0.1, 0.15) is 12.4 Å². The summed E-state index contributed by atoms with van der Waals surface area (Å²) in [4.78, 5) is 12.0. The van der Waals surface area contributed by atoms with Crippen molar-refractivity contribution >= 4 is 5.97 Å². The smallest absolute Gasteiger partial charge is 0.338 e. The van der Waals surface area contributed by atoms with E-state index in [1.165, 1.54) is 6.07 Å². The predicted octanol–water partition coefficient (Wildman–Crippen LogP) is 3.37. The van der Waals surface area contributed by atoms with Crippen LogP contribution in [0.15, 0.2) is 67.0 Å². The fourth-order valence-corrected chi connectivity index (χ4v) is 2.01. The lowest BCUT2D eigenvalue weighted by Crippen LogP contribution is -2.06. The van der Waals surface area contributed by atoms with Crippen molar-refractivity contribution in [1.29, 1.82) is 0 Å². The van der Waals surface area contributed by atoms with Gasteiger partial charge >= 0.3 is 5.97 Å². The second-order valence-corrected chi connectivity index (χ2v) is 4.67. The summed E-state index contributed by atoms with van der Waals surface area (Å²) in [6.07, 6.45) is 3.49. The van der Waals surface area contributed by atoms with E-state index >= 15 is 0 Å². The van der Waals surface area contributed by atoms with Crippen LogP contribution in [0.5, 0.6) is 0 Å². The molecule has 0 bridgehead atoms. The van der Waals surface area contributed by atoms with Gasteiger partial charge < -0.3 is 4.74 Å². The summed E-state index contributed by atoms with van der Waals surface area (Å²) < 4.78 is 20.3. The molecule has 0 amide bonds. The maximum atomic E-state index is 13.5. The first-order valence-electron chi connectivity index (χ1n) is 6.74. The zero-order valence-electron chi connectivity index (χ0n) is 11.6. The summed E-state index contributed by atoms with van der Waals surface area (Å²) in [7, 11) is 0. The number of esters is 1. The number of hydrogen-bond donors (Lipinski definition) is 0. The summed E-state index contributed by atoms with van der Waals surface area (Å²) in [6, 6.07) is 14.9. The third-order valence-electron chi connectivity index (χ3n) is 3.19. The second kappa shape index (κ2) is 6.22. The molecule has 1 aromatic heterocycles. The number of nitrogens with zero attached hydrogens (tertiary/aromatic N) is 2. The molecule has 0 N–H and O–H groups in total. The number of hydrogen-bond acceptors (Lipinski definition) is 3. The SMILES string of the molecule is O=C(OCc1ccccc1F)c1ccc(-n2cccn2)cc1. The zero-order valence-corrected chi connectivity index (χ0v) is 11.6. The maximum absolute atomic E-state index is 13.5. The topological polar surface area (TPSA) is 44.1 Å². The van der Waals surface area contributed by atoms with E-state index in [2.05, 4.69) is 5.10 Å². The lowest BCUT2D eigenvalue weighted by molar-refractivity contribution is 0.0469. The predicted molar refractivity (Wildman–Crippen MR) is 79.1 cm³/mol. The molecule has 0 fully saturated rings. The average Bonchev–Trinajstić information content (AvgIpc) is 3.08. The minimum Gasteiger partial charge on any atom is -0.457 e. The summed E-state index contributed by atoms with van der Waals surface area (Å²) in [5, 5.41) is 4.11. The van der Waals surface area contributed by atoms with E-state index in [9.17, 15) is 9.18 Å². The number of carbonyl (C=O) groups is 1. The van der Waals surface area contributed by atoms with E-state index in [0.29, 0.717) is 11.1 Å². The number of rotatable bonds is 4. The van der Waals surface area contributed by atoms with Gasteiger partial charge in [-0.1, -0.05) is 18.2 Å². The van der Waals surface area contributed by atoms with Gasteiger partial charge in [-0.3, -0.25) is 0 Å². The number of carbonyl (C=O) groups excluding carboxylic acids is 1. The Labute approximate surface area is 126 Å². The molecule has 0 unspecified atom stereocenters. The number of benzene rings is 2. The van der Waals surface area contributed by atoms with Crippen LogP contribution in [-0.2, 0) is 11.3 Å². The van der Waals surface area contributed by atoms with Crippen LogP contribution in [0.4, 0.5) is 4.39 Å². The van der Waals surface area contributed by atoms with Gasteiger partial charge in [0.15, 0.2) is 0 Å². The molecular weight excluding hydrogens is 283 g/mol. The highest BCUT2D eigenvalue weighted by atomic mass is 19.1. The molecule has 0 radical (unpaired) electrons. The van der Waals surface area contributed by atoms with Crippen LogP contribution in [0.1, 0.15) is 15.9 Å².